The molecule has 0 aliphatic rings. The van der Waals surface area contributed by atoms with E-state index in [1.165, 1.54) is 6.33 Å². The Labute approximate surface area is 120 Å². The van der Waals surface area contributed by atoms with Crippen LogP contribution in [0, 0.1) is 0 Å². The first-order valence-electron chi connectivity index (χ1n) is 6.55. The summed E-state index contributed by atoms with van der Waals surface area (Å²) >= 11 is 0. The molecule has 104 valence electrons. The van der Waals surface area contributed by atoms with Crippen molar-refractivity contribution in [2.75, 3.05) is 5.73 Å². The topological polar surface area (TPSA) is 89.3 Å². The lowest BCUT2D eigenvalue weighted by Gasteiger charge is -2.00. The van der Waals surface area contributed by atoms with Gasteiger partial charge in [-0.05, 0) is 17.1 Å². The minimum absolute atomic E-state index is 0.469. The number of nitrogens with zero attached hydrogens (tertiary/aromatic N) is 5. The van der Waals surface area contributed by atoms with Crippen LogP contribution in [0.2, 0.25) is 0 Å². The Morgan fingerprint density at radius 1 is 1.24 bits per heavy atom. The van der Waals surface area contributed by atoms with Crippen LogP contribution >= 0.6 is 0 Å². The van der Waals surface area contributed by atoms with E-state index in [9.17, 15) is 0 Å². The maximum Gasteiger partial charge on any atom is 0.356 e. The molecule has 0 aliphatic heterocycles. The van der Waals surface area contributed by atoms with E-state index in [1.807, 2.05) is 35.5 Å². The summed E-state index contributed by atoms with van der Waals surface area (Å²) in [6.07, 6.45) is 3.28. The molecule has 0 aliphatic carbocycles. The molecule has 0 bridgehead atoms. The van der Waals surface area contributed by atoms with Gasteiger partial charge in [0.25, 0.3) is 0 Å². The lowest BCUT2D eigenvalue weighted by Crippen LogP contribution is -2.30. The van der Waals surface area contributed by atoms with Gasteiger partial charge in [-0.25, -0.2) is 10.1 Å². The van der Waals surface area contributed by atoms with Gasteiger partial charge in [-0.15, -0.1) is 0 Å². The van der Waals surface area contributed by atoms with E-state index < -0.39 is 0 Å². The fourth-order valence-corrected chi connectivity index (χ4v) is 2.65. The van der Waals surface area contributed by atoms with Crippen LogP contribution in [0.1, 0.15) is 0 Å². The number of aromatic amines is 1. The van der Waals surface area contributed by atoms with Crippen molar-refractivity contribution in [1.82, 2.24) is 24.6 Å². The molecule has 3 N–H and O–H groups in total. The van der Waals surface area contributed by atoms with Crippen LogP contribution in [0.5, 0.6) is 0 Å². The molecule has 7 heteroatoms. The van der Waals surface area contributed by atoms with Gasteiger partial charge < -0.3 is 10.3 Å². The van der Waals surface area contributed by atoms with Gasteiger partial charge in [-0.2, -0.15) is 9.67 Å². The first-order valence-corrected chi connectivity index (χ1v) is 6.55. The van der Waals surface area contributed by atoms with Gasteiger partial charge in [0.15, 0.2) is 0 Å². The molecule has 0 amide bonds. The van der Waals surface area contributed by atoms with Crippen LogP contribution in [-0.4, -0.2) is 24.6 Å². The van der Waals surface area contributed by atoms with Crippen molar-refractivity contribution in [2.45, 2.75) is 0 Å². The van der Waals surface area contributed by atoms with Crippen LogP contribution in [-0.2, 0) is 14.1 Å². The minimum atomic E-state index is 0.469. The van der Waals surface area contributed by atoms with Crippen molar-refractivity contribution in [2.24, 2.45) is 14.1 Å². The molecular weight excluding hydrogens is 266 g/mol. The number of aromatic nitrogens is 6. The third kappa shape index (κ3) is 1.60. The van der Waals surface area contributed by atoms with Gasteiger partial charge in [0.05, 0.1) is 17.4 Å². The van der Waals surface area contributed by atoms with Crippen LogP contribution in [0.3, 0.4) is 0 Å². The number of anilines is 1. The molecule has 7 nitrogen and oxygen atoms in total. The number of nitrogens with one attached hydrogen (secondary N) is 1. The second-order valence-corrected chi connectivity index (χ2v) is 5.06. The number of nitrogen functional groups attached to an aromatic ring is 1. The summed E-state index contributed by atoms with van der Waals surface area (Å²) in [6.45, 7) is 0. The summed E-state index contributed by atoms with van der Waals surface area (Å²) in [7, 11) is 3.88. The van der Waals surface area contributed by atoms with Gasteiger partial charge in [0.1, 0.15) is 23.9 Å². The maximum absolute atomic E-state index is 6.03. The number of aryl methyl sites for hydroxylation is 2. The van der Waals surface area contributed by atoms with Gasteiger partial charge >= 0.3 is 5.65 Å². The number of rotatable bonds is 1. The first-order chi connectivity index (χ1) is 10.1. The highest BCUT2D eigenvalue weighted by molar-refractivity contribution is 5.97. The molecule has 4 aromatic rings. The third-order valence-corrected chi connectivity index (χ3v) is 3.72. The number of H-pyrrole nitrogens is 1. The summed E-state index contributed by atoms with van der Waals surface area (Å²) in [5.74, 6) is 0.469. The van der Waals surface area contributed by atoms with Crippen molar-refractivity contribution in [3.05, 3.63) is 30.9 Å². The zero-order valence-corrected chi connectivity index (χ0v) is 11.7. The molecule has 0 saturated carbocycles. The summed E-state index contributed by atoms with van der Waals surface area (Å²) in [5, 5.41) is 4.13. The molecule has 4 rings (SSSR count). The van der Waals surface area contributed by atoms with Crippen LogP contribution < -0.4 is 10.4 Å². The molecule has 0 radical (unpaired) electrons. The molecule has 0 spiro atoms. The maximum atomic E-state index is 6.03. The summed E-state index contributed by atoms with van der Waals surface area (Å²) in [5.41, 5.74) is 10.8. The average Bonchev–Trinajstić information content (AvgIpc) is 3.02. The monoisotopic (exact) mass is 280 g/mol. The van der Waals surface area contributed by atoms with E-state index in [1.54, 1.807) is 6.33 Å². The van der Waals surface area contributed by atoms with Crippen molar-refractivity contribution in [1.29, 1.82) is 0 Å². The van der Waals surface area contributed by atoms with Crippen LogP contribution in [0.25, 0.3) is 33.3 Å². The molecule has 3 heterocycles. The van der Waals surface area contributed by atoms with E-state index in [0.29, 0.717) is 5.82 Å². The van der Waals surface area contributed by atoms with Crippen LogP contribution in [0.15, 0.2) is 30.9 Å². The number of benzene rings is 1. The fourth-order valence-electron chi connectivity index (χ4n) is 2.65. The van der Waals surface area contributed by atoms with Crippen molar-refractivity contribution in [3.8, 4) is 11.3 Å². The highest BCUT2D eigenvalue weighted by Crippen LogP contribution is 2.29. The Morgan fingerprint density at radius 3 is 2.95 bits per heavy atom. The fraction of sp³-hybridized carbons (Fsp3) is 0.143. The lowest BCUT2D eigenvalue weighted by molar-refractivity contribution is -0.703. The van der Waals surface area contributed by atoms with Crippen LogP contribution in [0.4, 0.5) is 5.82 Å². The summed E-state index contributed by atoms with van der Waals surface area (Å²) < 4.78 is 3.83. The number of fused-ring (bicyclic) bond motifs is 2. The zero-order chi connectivity index (χ0) is 14.6. The van der Waals surface area contributed by atoms with Gasteiger partial charge in [0, 0.05) is 12.6 Å². The Kier molecular flexibility index (Phi) is 2.26. The molecule has 0 saturated heterocycles. The van der Waals surface area contributed by atoms with Gasteiger partial charge in [-0.1, -0.05) is 6.07 Å². The zero-order valence-electron chi connectivity index (χ0n) is 11.7. The van der Waals surface area contributed by atoms with Crippen molar-refractivity contribution >= 4 is 27.9 Å². The second kappa shape index (κ2) is 4.02. The average molecular weight is 280 g/mol. The summed E-state index contributed by atoms with van der Waals surface area (Å²) in [6, 6.07) is 6.10. The second-order valence-electron chi connectivity index (χ2n) is 5.06. The molecule has 3 aromatic heterocycles. The van der Waals surface area contributed by atoms with E-state index in [-0.39, 0.29) is 0 Å². The lowest BCUT2D eigenvalue weighted by atomic mass is 10.1. The third-order valence-electron chi connectivity index (χ3n) is 3.72. The predicted molar refractivity (Wildman–Crippen MR) is 79.2 cm³/mol. The number of hydrogen-bond donors (Lipinski definition) is 2. The minimum Gasteiger partial charge on any atom is -0.383 e. The Balaban J connectivity index is 2.06. The van der Waals surface area contributed by atoms with E-state index >= 15 is 0 Å². The largest absolute Gasteiger partial charge is 0.383 e. The molecule has 0 atom stereocenters. The Morgan fingerprint density at radius 2 is 2.10 bits per heavy atom. The number of imidazole rings is 1. The van der Waals surface area contributed by atoms with E-state index in [0.717, 1.165) is 33.3 Å². The highest BCUT2D eigenvalue weighted by Gasteiger charge is 2.20. The Hall–Kier alpha value is -2.96. The quantitative estimate of drug-likeness (QED) is 0.507. The summed E-state index contributed by atoms with van der Waals surface area (Å²) in [4.78, 5) is 12.7. The predicted octanol–water partition coefficient (Wildman–Crippen LogP) is 0.918. The van der Waals surface area contributed by atoms with Gasteiger partial charge in [-0.3, -0.25) is 0 Å². The SMILES string of the molecule is Cn1cnc2ccc(-c3[nH][n+](C)c4ncnc(N)c34)cc21. The molecule has 0 fully saturated rings. The molecule has 0 unspecified atom stereocenters. The number of nitrogens with two attached hydrogens (primary N) is 1. The van der Waals surface area contributed by atoms with E-state index in [2.05, 4.69) is 26.1 Å². The smallest absolute Gasteiger partial charge is 0.356 e. The first kappa shape index (κ1) is 11.8. The molecule has 1 aromatic carbocycles. The van der Waals surface area contributed by atoms with Crippen molar-refractivity contribution < 1.29 is 4.68 Å². The normalized spacial score (nSPS) is 11.5. The number of hydrogen-bond acceptors (Lipinski definition) is 4. The molecular formula is C14H14N7+. The molecule has 21 heavy (non-hydrogen) atoms. The van der Waals surface area contributed by atoms with Crippen molar-refractivity contribution in [3.63, 3.8) is 0 Å². The van der Waals surface area contributed by atoms with Gasteiger partial charge in [0.2, 0.25) is 6.33 Å². The standard InChI is InChI=1S/C14H13N7/c1-20-7-18-9-4-3-8(5-10(9)20)12-11-13(15)16-6-17-14(11)21(2)19-12/h3-7H,1-2H3,(H2,15,16,17,19)/p+1. The highest BCUT2D eigenvalue weighted by atomic mass is 15.3. The Bertz CT molecular complexity index is 980. The van der Waals surface area contributed by atoms with E-state index in [4.69, 9.17) is 5.73 Å².